The number of imidazole rings is 1. The second-order valence-electron chi connectivity index (χ2n) is 8.06. The van der Waals surface area contributed by atoms with Crippen LogP contribution in [0.4, 0.5) is 0 Å². The summed E-state index contributed by atoms with van der Waals surface area (Å²) in [6, 6.07) is 23.9. The number of hydrogen-bond acceptors (Lipinski definition) is 3. The number of carbonyl (C=O) groups excluding carboxylic acids is 1. The molecule has 0 radical (unpaired) electrons. The van der Waals surface area contributed by atoms with E-state index in [2.05, 4.69) is 28.9 Å². The van der Waals surface area contributed by atoms with E-state index in [0.29, 0.717) is 18.7 Å². The number of nitrogens with one attached hydrogen (secondary N) is 1. The normalized spacial score (nSPS) is 10.9. The maximum Gasteiger partial charge on any atom is 0.251 e. The van der Waals surface area contributed by atoms with Crippen LogP contribution in [-0.4, -0.2) is 28.6 Å². The average Bonchev–Trinajstić information content (AvgIpc) is 3.14. The van der Waals surface area contributed by atoms with Crippen LogP contribution in [0, 0.1) is 13.8 Å². The average molecular weight is 428 g/mol. The molecule has 5 nitrogen and oxygen atoms in total. The molecule has 0 aliphatic carbocycles. The molecule has 164 valence electrons. The molecule has 0 spiro atoms. The van der Waals surface area contributed by atoms with Gasteiger partial charge in [-0.15, -0.1) is 0 Å². The molecule has 4 rings (SSSR count). The minimum atomic E-state index is -0.0336. The Labute approximate surface area is 189 Å². The molecule has 3 aromatic carbocycles. The lowest BCUT2D eigenvalue weighted by molar-refractivity contribution is 0.0953. The van der Waals surface area contributed by atoms with Gasteiger partial charge in [-0.3, -0.25) is 4.79 Å². The first kappa shape index (κ1) is 21.6. The first-order valence-electron chi connectivity index (χ1n) is 11.1. The number of amides is 1. The molecule has 0 atom stereocenters. The standard InChI is InChI=1S/C27H29N3O2/c1-20-8-5-10-22(18-20)27(31)28-15-7-14-26-29-24-12-3-4-13-25(24)30(26)16-17-32-23-11-6-9-21(2)19-23/h3-6,8-13,18-19H,7,14-17H2,1-2H3,(H,28,31). The molecule has 0 aliphatic rings. The molecule has 0 aliphatic heterocycles. The predicted molar refractivity (Wildman–Crippen MR) is 128 cm³/mol. The molecular formula is C27H29N3O2. The molecule has 0 saturated carbocycles. The zero-order valence-corrected chi connectivity index (χ0v) is 18.7. The summed E-state index contributed by atoms with van der Waals surface area (Å²) in [5, 5.41) is 3.02. The smallest absolute Gasteiger partial charge is 0.251 e. The van der Waals surface area contributed by atoms with Crippen molar-refractivity contribution in [1.82, 2.24) is 14.9 Å². The van der Waals surface area contributed by atoms with Gasteiger partial charge in [0.2, 0.25) is 0 Å². The van der Waals surface area contributed by atoms with Crippen molar-refractivity contribution in [3.05, 3.63) is 95.3 Å². The molecule has 0 fully saturated rings. The van der Waals surface area contributed by atoms with E-state index in [1.54, 1.807) is 0 Å². The summed E-state index contributed by atoms with van der Waals surface area (Å²) in [7, 11) is 0. The van der Waals surface area contributed by atoms with E-state index in [0.717, 1.165) is 47.6 Å². The summed E-state index contributed by atoms with van der Waals surface area (Å²) in [5.74, 6) is 1.87. The van der Waals surface area contributed by atoms with E-state index < -0.39 is 0 Å². The number of para-hydroxylation sites is 2. The SMILES string of the molecule is Cc1cccc(OCCn2c(CCCNC(=O)c3cccc(C)c3)nc3ccccc32)c1. The molecule has 0 bridgehead atoms. The molecule has 5 heteroatoms. The number of ether oxygens (including phenoxy) is 1. The number of benzene rings is 3. The maximum absolute atomic E-state index is 12.4. The van der Waals surface area contributed by atoms with Crippen LogP contribution >= 0.6 is 0 Å². The summed E-state index contributed by atoms with van der Waals surface area (Å²) in [6.07, 6.45) is 1.60. The second kappa shape index (κ2) is 10.1. The summed E-state index contributed by atoms with van der Waals surface area (Å²) < 4.78 is 8.20. The van der Waals surface area contributed by atoms with Gasteiger partial charge in [0.05, 0.1) is 17.6 Å². The van der Waals surface area contributed by atoms with E-state index in [-0.39, 0.29) is 5.91 Å². The third-order valence-electron chi connectivity index (χ3n) is 5.45. The number of aryl methyl sites for hydroxylation is 3. The highest BCUT2D eigenvalue weighted by Gasteiger charge is 2.11. The van der Waals surface area contributed by atoms with Crippen LogP contribution in [0.25, 0.3) is 11.0 Å². The van der Waals surface area contributed by atoms with Gasteiger partial charge in [0.1, 0.15) is 18.2 Å². The fourth-order valence-electron chi connectivity index (χ4n) is 3.86. The Morgan fingerprint density at radius 1 is 0.969 bits per heavy atom. The molecular weight excluding hydrogens is 398 g/mol. The molecule has 1 heterocycles. The lowest BCUT2D eigenvalue weighted by Gasteiger charge is -2.11. The van der Waals surface area contributed by atoms with Gasteiger partial charge in [0, 0.05) is 18.5 Å². The van der Waals surface area contributed by atoms with Gasteiger partial charge in [-0.2, -0.15) is 0 Å². The zero-order valence-electron chi connectivity index (χ0n) is 18.7. The third kappa shape index (κ3) is 5.35. The summed E-state index contributed by atoms with van der Waals surface area (Å²) in [4.78, 5) is 17.2. The van der Waals surface area contributed by atoms with E-state index in [1.165, 1.54) is 5.56 Å². The molecule has 0 saturated heterocycles. The number of carbonyl (C=O) groups is 1. The topological polar surface area (TPSA) is 56.1 Å². The maximum atomic E-state index is 12.4. The van der Waals surface area contributed by atoms with Crippen molar-refractivity contribution in [1.29, 1.82) is 0 Å². The summed E-state index contributed by atoms with van der Waals surface area (Å²) in [6.45, 7) is 5.95. The van der Waals surface area contributed by atoms with E-state index in [1.807, 2.05) is 67.6 Å². The van der Waals surface area contributed by atoms with Crippen molar-refractivity contribution in [3.63, 3.8) is 0 Å². The Kier molecular flexibility index (Phi) is 6.85. The number of hydrogen-bond donors (Lipinski definition) is 1. The van der Waals surface area contributed by atoms with Crippen LogP contribution in [0.5, 0.6) is 5.75 Å². The molecule has 1 aromatic heterocycles. The highest BCUT2D eigenvalue weighted by atomic mass is 16.5. The van der Waals surface area contributed by atoms with Crippen LogP contribution in [0.1, 0.15) is 33.7 Å². The predicted octanol–water partition coefficient (Wildman–Crippen LogP) is 5.09. The highest BCUT2D eigenvalue weighted by Crippen LogP contribution is 2.18. The number of fused-ring (bicyclic) bond motifs is 1. The zero-order chi connectivity index (χ0) is 22.3. The van der Waals surface area contributed by atoms with Crippen molar-refractivity contribution in [2.45, 2.75) is 33.2 Å². The fraction of sp³-hybridized carbons (Fsp3) is 0.259. The van der Waals surface area contributed by atoms with Gasteiger partial charge in [0.15, 0.2) is 0 Å². The van der Waals surface area contributed by atoms with Crippen molar-refractivity contribution in [2.24, 2.45) is 0 Å². The van der Waals surface area contributed by atoms with Gasteiger partial charge >= 0.3 is 0 Å². The third-order valence-corrected chi connectivity index (χ3v) is 5.45. The minimum absolute atomic E-state index is 0.0336. The summed E-state index contributed by atoms with van der Waals surface area (Å²) >= 11 is 0. The lowest BCUT2D eigenvalue weighted by Crippen LogP contribution is -2.25. The van der Waals surface area contributed by atoms with Gasteiger partial charge in [-0.05, 0) is 62.2 Å². The number of nitrogens with zero attached hydrogens (tertiary/aromatic N) is 2. The largest absolute Gasteiger partial charge is 0.492 e. The molecule has 4 aromatic rings. The fourth-order valence-corrected chi connectivity index (χ4v) is 3.86. The van der Waals surface area contributed by atoms with Crippen molar-refractivity contribution in [2.75, 3.05) is 13.2 Å². The Morgan fingerprint density at radius 2 is 1.75 bits per heavy atom. The van der Waals surface area contributed by atoms with Gasteiger partial charge in [-0.25, -0.2) is 4.98 Å². The Hall–Kier alpha value is -3.60. The van der Waals surface area contributed by atoms with Crippen molar-refractivity contribution < 1.29 is 9.53 Å². The van der Waals surface area contributed by atoms with Gasteiger partial charge in [0.25, 0.3) is 5.91 Å². The van der Waals surface area contributed by atoms with Crippen LogP contribution < -0.4 is 10.1 Å². The van der Waals surface area contributed by atoms with Crippen molar-refractivity contribution in [3.8, 4) is 5.75 Å². The van der Waals surface area contributed by atoms with Crippen LogP contribution in [-0.2, 0) is 13.0 Å². The number of rotatable bonds is 9. The van der Waals surface area contributed by atoms with Gasteiger partial charge in [-0.1, -0.05) is 42.0 Å². The molecule has 0 unspecified atom stereocenters. The Morgan fingerprint density at radius 3 is 2.56 bits per heavy atom. The van der Waals surface area contributed by atoms with Crippen LogP contribution in [0.2, 0.25) is 0 Å². The molecule has 32 heavy (non-hydrogen) atoms. The van der Waals surface area contributed by atoms with E-state index in [4.69, 9.17) is 9.72 Å². The van der Waals surface area contributed by atoms with E-state index >= 15 is 0 Å². The number of aromatic nitrogens is 2. The molecule has 1 N–H and O–H groups in total. The van der Waals surface area contributed by atoms with Crippen molar-refractivity contribution >= 4 is 16.9 Å². The van der Waals surface area contributed by atoms with Crippen LogP contribution in [0.15, 0.2) is 72.8 Å². The van der Waals surface area contributed by atoms with Crippen LogP contribution in [0.3, 0.4) is 0 Å². The van der Waals surface area contributed by atoms with E-state index in [9.17, 15) is 4.79 Å². The second-order valence-corrected chi connectivity index (χ2v) is 8.06. The monoisotopic (exact) mass is 427 g/mol. The minimum Gasteiger partial charge on any atom is -0.492 e. The summed E-state index contributed by atoms with van der Waals surface area (Å²) in [5.41, 5.74) is 5.06. The first-order valence-corrected chi connectivity index (χ1v) is 11.1. The lowest BCUT2D eigenvalue weighted by atomic mass is 10.1. The molecule has 1 amide bonds. The Bertz CT molecular complexity index is 1210. The Balaban J connectivity index is 1.37. The highest BCUT2D eigenvalue weighted by molar-refractivity contribution is 5.94. The first-order chi connectivity index (χ1) is 15.6. The quantitative estimate of drug-likeness (QED) is 0.378. The van der Waals surface area contributed by atoms with Gasteiger partial charge < -0.3 is 14.6 Å².